The lowest BCUT2D eigenvalue weighted by atomic mass is 10.00. The molecular formula is C13H21N3O3S. The van der Waals surface area contributed by atoms with Crippen LogP contribution in [0.3, 0.4) is 0 Å². The summed E-state index contributed by atoms with van der Waals surface area (Å²) >= 11 is 0. The van der Waals surface area contributed by atoms with Gasteiger partial charge in [-0.15, -0.1) is 0 Å². The summed E-state index contributed by atoms with van der Waals surface area (Å²) in [5.41, 5.74) is 6.62. The van der Waals surface area contributed by atoms with Gasteiger partial charge in [0.05, 0.1) is 5.75 Å². The molecule has 0 aromatic heterocycles. The summed E-state index contributed by atoms with van der Waals surface area (Å²) in [6, 6.07) is 6.53. The highest BCUT2D eigenvalue weighted by Gasteiger charge is 2.13. The number of anilines is 1. The third kappa shape index (κ3) is 7.22. The van der Waals surface area contributed by atoms with Gasteiger partial charge in [-0.25, -0.2) is 13.6 Å². The lowest BCUT2D eigenvalue weighted by Crippen LogP contribution is -2.33. The summed E-state index contributed by atoms with van der Waals surface area (Å²) in [4.78, 5) is 11.7. The number of hydrogen-bond acceptors (Lipinski definition) is 4. The minimum Gasteiger partial charge on any atom is -0.326 e. The van der Waals surface area contributed by atoms with Crippen LogP contribution < -0.4 is 16.2 Å². The van der Waals surface area contributed by atoms with Gasteiger partial charge < -0.3 is 11.1 Å². The van der Waals surface area contributed by atoms with E-state index in [2.05, 4.69) is 5.32 Å². The Morgan fingerprint density at radius 3 is 2.25 bits per heavy atom. The quantitative estimate of drug-likeness (QED) is 0.724. The lowest BCUT2D eigenvalue weighted by molar-refractivity contribution is -0.116. The van der Waals surface area contributed by atoms with Gasteiger partial charge in [0.2, 0.25) is 15.9 Å². The second-order valence-corrected chi connectivity index (χ2v) is 7.16. The molecule has 0 fully saturated rings. The summed E-state index contributed by atoms with van der Waals surface area (Å²) in [6.45, 7) is 3.73. The summed E-state index contributed by atoms with van der Waals surface area (Å²) in [5.74, 6) is -0.342. The van der Waals surface area contributed by atoms with Crippen molar-refractivity contribution in [2.24, 2.45) is 10.9 Å². The average molecular weight is 299 g/mol. The number of nitrogens with two attached hydrogens (primary N) is 2. The fourth-order valence-electron chi connectivity index (χ4n) is 1.58. The third-order valence-electron chi connectivity index (χ3n) is 2.60. The maximum Gasteiger partial charge on any atom is 0.224 e. The molecule has 112 valence electrons. The van der Waals surface area contributed by atoms with E-state index in [0.717, 1.165) is 0 Å². The standard InChI is InChI=1S/C13H21N3O3S/c1-13(2,14)8-7-12(17)16-11-5-3-10(4-6-11)9-20(15,18)19/h3-6H,7-9,14H2,1-2H3,(H,16,17)(H2,15,18,19). The fourth-order valence-corrected chi connectivity index (χ4v) is 2.23. The molecule has 1 amide bonds. The number of amides is 1. The van der Waals surface area contributed by atoms with E-state index in [4.69, 9.17) is 10.9 Å². The first-order chi connectivity index (χ1) is 9.05. The van der Waals surface area contributed by atoms with Crippen molar-refractivity contribution in [2.75, 3.05) is 5.32 Å². The molecule has 20 heavy (non-hydrogen) atoms. The monoisotopic (exact) mass is 299 g/mol. The van der Waals surface area contributed by atoms with E-state index >= 15 is 0 Å². The Hall–Kier alpha value is -1.44. The van der Waals surface area contributed by atoms with E-state index in [9.17, 15) is 13.2 Å². The van der Waals surface area contributed by atoms with Gasteiger partial charge in [-0.05, 0) is 38.0 Å². The van der Waals surface area contributed by atoms with Crippen LogP contribution in [0.15, 0.2) is 24.3 Å². The van der Waals surface area contributed by atoms with E-state index in [1.165, 1.54) is 0 Å². The van der Waals surface area contributed by atoms with Crippen LogP contribution in [0.2, 0.25) is 0 Å². The number of nitrogens with one attached hydrogen (secondary N) is 1. The van der Waals surface area contributed by atoms with Crippen molar-refractivity contribution >= 4 is 21.6 Å². The molecule has 0 spiro atoms. The average Bonchev–Trinajstić information content (AvgIpc) is 2.26. The molecule has 5 N–H and O–H groups in total. The Morgan fingerprint density at radius 1 is 1.25 bits per heavy atom. The maximum atomic E-state index is 11.7. The van der Waals surface area contributed by atoms with Crippen molar-refractivity contribution < 1.29 is 13.2 Å². The summed E-state index contributed by atoms with van der Waals surface area (Å²) in [7, 11) is -3.54. The Bertz CT molecular complexity index is 560. The SMILES string of the molecule is CC(C)(N)CCC(=O)Nc1ccc(CS(N)(=O)=O)cc1. The highest BCUT2D eigenvalue weighted by atomic mass is 32.2. The van der Waals surface area contributed by atoms with Gasteiger partial charge in [0.1, 0.15) is 0 Å². The minimum atomic E-state index is -3.54. The molecule has 6 nitrogen and oxygen atoms in total. The smallest absolute Gasteiger partial charge is 0.224 e. The van der Waals surface area contributed by atoms with Gasteiger partial charge in [0, 0.05) is 17.6 Å². The number of primary sulfonamides is 1. The highest BCUT2D eigenvalue weighted by Crippen LogP contribution is 2.13. The number of carbonyl (C=O) groups excluding carboxylic acids is 1. The summed E-state index contributed by atoms with van der Waals surface area (Å²) < 4.78 is 21.9. The topological polar surface area (TPSA) is 115 Å². The van der Waals surface area contributed by atoms with E-state index in [1.54, 1.807) is 24.3 Å². The van der Waals surface area contributed by atoms with Crippen molar-refractivity contribution in [3.05, 3.63) is 29.8 Å². The van der Waals surface area contributed by atoms with Gasteiger partial charge in [-0.1, -0.05) is 12.1 Å². The summed E-state index contributed by atoms with van der Waals surface area (Å²) in [5, 5.41) is 7.69. The third-order valence-corrected chi connectivity index (χ3v) is 3.34. The number of rotatable bonds is 6. The van der Waals surface area contributed by atoms with Crippen LogP contribution in [0.5, 0.6) is 0 Å². The molecule has 0 aliphatic heterocycles. The number of benzene rings is 1. The molecule has 0 aliphatic carbocycles. The van der Waals surface area contributed by atoms with Crippen molar-refractivity contribution in [3.8, 4) is 0 Å². The van der Waals surface area contributed by atoms with Crippen molar-refractivity contribution in [3.63, 3.8) is 0 Å². The second-order valence-electron chi connectivity index (χ2n) is 5.54. The molecule has 0 unspecified atom stereocenters. The zero-order chi connectivity index (χ0) is 15.4. The van der Waals surface area contributed by atoms with E-state index in [0.29, 0.717) is 24.1 Å². The molecule has 0 saturated carbocycles. The Balaban J connectivity index is 2.55. The van der Waals surface area contributed by atoms with Crippen LogP contribution in [0.25, 0.3) is 0 Å². The molecule has 0 atom stereocenters. The van der Waals surface area contributed by atoms with Crippen LogP contribution in [-0.4, -0.2) is 19.9 Å². The number of hydrogen-bond donors (Lipinski definition) is 3. The summed E-state index contributed by atoms with van der Waals surface area (Å²) in [6.07, 6.45) is 0.921. The molecule has 7 heteroatoms. The molecule has 0 aliphatic rings. The highest BCUT2D eigenvalue weighted by molar-refractivity contribution is 7.88. The Labute approximate surface area is 119 Å². The molecule has 0 saturated heterocycles. The molecule has 1 aromatic carbocycles. The van der Waals surface area contributed by atoms with Crippen molar-refractivity contribution in [1.29, 1.82) is 0 Å². The second kappa shape index (κ2) is 6.34. The molecule has 1 rings (SSSR count). The molecular weight excluding hydrogens is 278 g/mol. The van der Waals surface area contributed by atoms with Crippen LogP contribution in [0.1, 0.15) is 32.3 Å². The first-order valence-corrected chi connectivity index (χ1v) is 7.95. The van der Waals surface area contributed by atoms with Gasteiger partial charge in [0.25, 0.3) is 0 Å². The lowest BCUT2D eigenvalue weighted by Gasteiger charge is -2.17. The van der Waals surface area contributed by atoms with Crippen LogP contribution in [0, 0.1) is 0 Å². The predicted octanol–water partition coefficient (Wildman–Crippen LogP) is 0.931. The maximum absolute atomic E-state index is 11.7. The van der Waals surface area contributed by atoms with E-state index in [-0.39, 0.29) is 17.2 Å². The van der Waals surface area contributed by atoms with Crippen LogP contribution in [0.4, 0.5) is 5.69 Å². The van der Waals surface area contributed by atoms with E-state index < -0.39 is 10.0 Å². The molecule has 1 aromatic rings. The van der Waals surface area contributed by atoms with Crippen LogP contribution in [-0.2, 0) is 20.6 Å². The van der Waals surface area contributed by atoms with Gasteiger partial charge in [0.15, 0.2) is 0 Å². The molecule has 0 bridgehead atoms. The Morgan fingerprint density at radius 2 is 1.80 bits per heavy atom. The minimum absolute atomic E-state index is 0.122. The predicted molar refractivity (Wildman–Crippen MR) is 79.4 cm³/mol. The van der Waals surface area contributed by atoms with Crippen molar-refractivity contribution in [2.45, 2.75) is 38.0 Å². The van der Waals surface area contributed by atoms with Gasteiger partial charge in [-0.3, -0.25) is 4.79 Å². The largest absolute Gasteiger partial charge is 0.326 e. The first kappa shape index (κ1) is 16.6. The normalized spacial score (nSPS) is 12.2. The number of carbonyl (C=O) groups is 1. The molecule has 0 radical (unpaired) electrons. The molecule has 0 heterocycles. The fraction of sp³-hybridized carbons (Fsp3) is 0.462. The zero-order valence-electron chi connectivity index (χ0n) is 11.7. The number of sulfonamides is 1. The Kier molecular flexibility index (Phi) is 5.27. The van der Waals surface area contributed by atoms with E-state index in [1.807, 2.05) is 13.8 Å². The zero-order valence-corrected chi connectivity index (χ0v) is 12.5. The van der Waals surface area contributed by atoms with Gasteiger partial charge >= 0.3 is 0 Å². The van der Waals surface area contributed by atoms with Crippen LogP contribution >= 0.6 is 0 Å². The first-order valence-electron chi connectivity index (χ1n) is 6.23. The van der Waals surface area contributed by atoms with Gasteiger partial charge in [-0.2, -0.15) is 0 Å². The van der Waals surface area contributed by atoms with Crippen molar-refractivity contribution in [1.82, 2.24) is 0 Å².